The highest BCUT2D eigenvalue weighted by Crippen LogP contribution is 2.12. The van der Waals surface area contributed by atoms with E-state index >= 15 is 0 Å². The summed E-state index contributed by atoms with van der Waals surface area (Å²) in [5.41, 5.74) is 6.43. The zero-order chi connectivity index (χ0) is 18.0. The van der Waals surface area contributed by atoms with Crippen LogP contribution in [0.4, 0.5) is 0 Å². The molecule has 0 spiro atoms. The molecule has 0 aromatic heterocycles. The van der Waals surface area contributed by atoms with Crippen molar-refractivity contribution in [1.29, 1.82) is 0 Å². The minimum Gasteiger partial charge on any atom is -0.326 e. The monoisotopic (exact) mass is 340 g/mol. The van der Waals surface area contributed by atoms with Gasteiger partial charge in [0.25, 0.3) is 0 Å². The molecule has 0 heterocycles. The Morgan fingerprint density at radius 3 is 1.50 bits per heavy atom. The molecule has 0 bridgehead atoms. The maximum absolute atomic E-state index is 6.43. The van der Waals surface area contributed by atoms with Crippen molar-refractivity contribution in [2.24, 2.45) is 11.7 Å². The highest BCUT2D eigenvalue weighted by atomic mass is 15.1. The van der Waals surface area contributed by atoms with Gasteiger partial charge in [0, 0.05) is 12.6 Å². The maximum Gasteiger partial charge on any atom is 0.0193 e. The average Bonchev–Trinajstić information content (AvgIpc) is 2.59. The van der Waals surface area contributed by atoms with Gasteiger partial charge in [-0.1, -0.05) is 98.3 Å². The standard InChI is InChI=1S/C22H48N2/c1-5-8-10-12-14-16-18-24(20-22(23)21(4)7-3)19-17-15-13-11-9-6-2/h21-22H,5-20,23H2,1-4H3/t21-,22+/m0/s1. The number of nitrogens with zero attached hydrogens (tertiary/aromatic N) is 1. The van der Waals surface area contributed by atoms with E-state index < -0.39 is 0 Å². The maximum atomic E-state index is 6.43. The predicted octanol–water partition coefficient (Wildman–Crippen LogP) is 6.38. The molecule has 0 rings (SSSR count). The molecule has 2 atom stereocenters. The molecule has 24 heavy (non-hydrogen) atoms. The van der Waals surface area contributed by atoms with Crippen LogP contribution in [0, 0.1) is 5.92 Å². The summed E-state index contributed by atoms with van der Waals surface area (Å²) in [5.74, 6) is 0.640. The van der Waals surface area contributed by atoms with Crippen molar-refractivity contribution in [3.8, 4) is 0 Å². The molecule has 0 aliphatic heterocycles. The summed E-state index contributed by atoms with van der Waals surface area (Å²) in [5, 5.41) is 0. The third kappa shape index (κ3) is 14.3. The molecule has 0 unspecified atom stereocenters. The van der Waals surface area contributed by atoms with Crippen LogP contribution in [0.15, 0.2) is 0 Å². The largest absolute Gasteiger partial charge is 0.326 e. The van der Waals surface area contributed by atoms with Crippen molar-refractivity contribution in [2.75, 3.05) is 19.6 Å². The second kappa shape index (κ2) is 17.7. The Morgan fingerprint density at radius 1 is 0.667 bits per heavy atom. The lowest BCUT2D eigenvalue weighted by Gasteiger charge is -2.28. The smallest absolute Gasteiger partial charge is 0.0193 e. The molecule has 2 N–H and O–H groups in total. The van der Waals surface area contributed by atoms with E-state index in [0.29, 0.717) is 12.0 Å². The Balaban J connectivity index is 4.00. The molecule has 0 aliphatic carbocycles. The molecule has 0 saturated carbocycles. The van der Waals surface area contributed by atoms with Crippen LogP contribution in [0.5, 0.6) is 0 Å². The van der Waals surface area contributed by atoms with Gasteiger partial charge < -0.3 is 10.6 Å². The zero-order valence-corrected chi connectivity index (χ0v) is 17.5. The quantitative estimate of drug-likeness (QED) is 0.293. The third-order valence-electron chi connectivity index (χ3n) is 5.50. The number of nitrogens with two attached hydrogens (primary N) is 1. The van der Waals surface area contributed by atoms with Crippen LogP contribution in [0.25, 0.3) is 0 Å². The zero-order valence-electron chi connectivity index (χ0n) is 17.5. The van der Waals surface area contributed by atoms with Gasteiger partial charge in [-0.2, -0.15) is 0 Å². The van der Waals surface area contributed by atoms with Gasteiger partial charge in [0.05, 0.1) is 0 Å². The molecule has 0 radical (unpaired) electrons. The Bertz CT molecular complexity index is 226. The van der Waals surface area contributed by atoms with E-state index in [-0.39, 0.29) is 0 Å². The van der Waals surface area contributed by atoms with Gasteiger partial charge in [-0.15, -0.1) is 0 Å². The second-order valence-electron chi connectivity index (χ2n) is 7.89. The molecule has 146 valence electrons. The number of unbranched alkanes of at least 4 members (excludes halogenated alkanes) is 10. The highest BCUT2D eigenvalue weighted by Gasteiger charge is 2.15. The third-order valence-corrected chi connectivity index (χ3v) is 5.50. The van der Waals surface area contributed by atoms with Gasteiger partial charge in [0.2, 0.25) is 0 Å². The van der Waals surface area contributed by atoms with Crippen LogP contribution in [0.1, 0.15) is 111 Å². The minimum atomic E-state index is 0.343. The van der Waals surface area contributed by atoms with Gasteiger partial charge >= 0.3 is 0 Å². The molecule has 2 heteroatoms. The Morgan fingerprint density at radius 2 is 1.08 bits per heavy atom. The average molecular weight is 341 g/mol. The lowest BCUT2D eigenvalue weighted by Crippen LogP contribution is -2.42. The predicted molar refractivity (Wildman–Crippen MR) is 111 cm³/mol. The SMILES string of the molecule is CCCCCCCCN(CCCCCCCC)C[C@@H](N)[C@@H](C)CC. The summed E-state index contributed by atoms with van der Waals surface area (Å²) in [7, 11) is 0. The number of hydrogen-bond donors (Lipinski definition) is 1. The first-order valence-corrected chi connectivity index (χ1v) is 11.1. The summed E-state index contributed by atoms with van der Waals surface area (Å²) in [4.78, 5) is 2.66. The van der Waals surface area contributed by atoms with Crippen LogP contribution in [0.3, 0.4) is 0 Å². The van der Waals surface area contributed by atoms with Crippen LogP contribution in [-0.2, 0) is 0 Å². The van der Waals surface area contributed by atoms with Crippen molar-refractivity contribution in [3.63, 3.8) is 0 Å². The fourth-order valence-corrected chi connectivity index (χ4v) is 3.31. The van der Waals surface area contributed by atoms with E-state index in [4.69, 9.17) is 5.73 Å². The highest BCUT2D eigenvalue weighted by molar-refractivity contribution is 4.73. The molecule has 0 fully saturated rings. The molecular weight excluding hydrogens is 292 g/mol. The van der Waals surface area contributed by atoms with Gasteiger partial charge in [0.15, 0.2) is 0 Å². The fraction of sp³-hybridized carbons (Fsp3) is 1.00. The summed E-state index contributed by atoms with van der Waals surface area (Å²) < 4.78 is 0. The summed E-state index contributed by atoms with van der Waals surface area (Å²) in [6, 6.07) is 0.343. The van der Waals surface area contributed by atoms with E-state index in [1.54, 1.807) is 0 Å². The van der Waals surface area contributed by atoms with Gasteiger partial charge in [-0.3, -0.25) is 0 Å². The lowest BCUT2D eigenvalue weighted by molar-refractivity contribution is 0.222. The minimum absolute atomic E-state index is 0.343. The molecule has 0 aliphatic rings. The van der Waals surface area contributed by atoms with Crippen LogP contribution in [-0.4, -0.2) is 30.6 Å². The lowest BCUT2D eigenvalue weighted by atomic mass is 9.99. The van der Waals surface area contributed by atoms with Crippen LogP contribution < -0.4 is 5.73 Å². The fourth-order valence-electron chi connectivity index (χ4n) is 3.31. The molecule has 0 amide bonds. The first-order chi connectivity index (χ1) is 11.7. The first-order valence-electron chi connectivity index (χ1n) is 11.1. The molecule has 0 aromatic carbocycles. The van der Waals surface area contributed by atoms with E-state index in [1.165, 1.54) is 96.6 Å². The van der Waals surface area contributed by atoms with Crippen molar-refractivity contribution in [1.82, 2.24) is 4.90 Å². The molecule has 0 aromatic rings. The van der Waals surface area contributed by atoms with E-state index in [9.17, 15) is 0 Å². The Kier molecular flexibility index (Phi) is 17.7. The van der Waals surface area contributed by atoms with E-state index in [0.717, 1.165) is 6.54 Å². The van der Waals surface area contributed by atoms with Crippen molar-refractivity contribution < 1.29 is 0 Å². The normalized spacial score (nSPS) is 14.2. The van der Waals surface area contributed by atoms with E-state index in [1.807, 2.05) is 0 Å². The topological polar surface area (TPSA) is 29.3 Å². The molecular formula is C22H48N2. The molecule has 0 saturated heterocycles. The summed E-state index contributed by atoms with van der Waals surface area (Å²) >= 11 is 0. The van der Waals surface area contributed by atoms with Crippen molar-refractivity contribution in [3.05, 3.63) is 0 Å². The number of hydrogen-bond acceptors (Lipinski definition) is 2. The van der Waals surface area contributed by atoms with Crippen LogP contribution in [0.2, 0.25) is 0 Å². The second-order valence-corrected chi connectivity index (χ2v) is 7.89. The number of rotatable bonds is 18. The van der Waals surface area contributed by atoms with Crippen LogP contribution >= 0.6 is 0 Å². The summed E-state index contributed by atoms with van der Waals surface area (Å²) in [6.07, 6.45) is 17.8. The van der Waals surface area contributed by atoms with Crippen molar-refractivity contribution in [2.45, 2.75) is 117 Å². The van der Waals surface area contributed by atoms with Gasteiger partial charge in [-0.25, -0.2) is 0 Å². The van der Waals surface area contributed by atoms with Gasteiger partial charge in [0.1, 0.15) is 0 Å². The molecule has 2 nitrogen and oxygen atoms in total. The summed E-state index contributed by atoms with van der Waals surface area (Å²) in [6.45, 7) is 12.8. The van der Waals surface area contributed by atoms with Gasteiger partial charge in [-0.05, 0) is 31.8 Å². The van der Waals surface area contributed by atoms with Crippen molar-refractivity contribution >= 4 is 0 Å². The first kappa shape index (κ1) is 23.9. The van der Waals surface area contributed by atoms with E-state index in [2.05, 4.69) is 32.6 Å². The Hall–Kier alpha value is -0.0800. The Labute approximate surface area is 154 Å².